The molecule has 0 radical (unpaired) electrons. The standard InChI is InChI=1S/C14H12ClNO2/c15-14-12(8-16-7-10-5-6-17-9-10)11-3-1-2-4-13(11)18-14/h1-6,9,16H,7-8H2. The van der Waals surface area contributed by atoms with Crippen molar-refractivity contribution in [1.29, 1.82) is 0 Å². The first-order valence-corrected chi connectivity index (χ1v) is 6.10. The summed E-state index contributed by atoms with van der Waals surface area (Å²) < 4.78 is 10.5. The van der Waals surface area contributed by atoms with Crippen LogP contribution in [0.25, 0.3) is 11.0 Å². The van der Waals surface area contributed by atoms with Gasteiger partial charge in [0.1, 0.15) is 5.58 Å². The van der Waals surface area contributed by atoms with Crippen molar-refractivity contribution < 1.29 is 8.83 Å². The van der Waals surface area contributed by atoms with Crippen LogP contribution in [0.5, 0.6) is 0 Å². The van der Waals surface area contributed by atoms with E-state index in [4.69, 9.17) is 20.4 Å². The van der Waals surface area contributed by atoms with Crippen LogP contribution in [-0.4, -0.2) is 0 Å². The van der Waals surface area contributed by atoms with E-state index in [9.17, 15) is 0 Å². The summed E-state index contributed by atoms with van der Waals surface area (Å²) in [6.07, 6.45) is 3.39. The van der Waals surface area contributed by atoms with Crippen molar-refractivity contribution in [3.8, 4) is 0 Å². The van der Waals surface area contributed by atoms with Crippen LogP contribution in [0.15, 0.2) is 51.7 Å². The van der Waals surface area contributed by atoms with Crippen LogP contribution in [-0.2, 0) is 13.1 Å². The zero-order valence-electron chi connectivity index (χ0n) is 9.65. The number of rotatable bonds is 4. The first-order chi connectivity index (χ1) is 8.84. The molecule has 92 valence electrons. The normalized spacial score (nSPS) is 11.2. The molecule has 1 aromatic carbocycles. The molecule has 3 nitrogen and oxygen atoms in total. The van der Waals surface area contributed by atoms with Crippen molar-refractivity contribution >= 4 is 22.6 Å². The second-order valence-corrected chi connectivity index (χ2v) is 4.43. The van der Waals surface area contributed by atoms with Crippen LogP contribution < -0.4 is 5.32 Å². The second-order valence-electron chi connectivity index (χ2n) is 4.09. The molecular weight excluding hydrogens is 250 g/mol. The molecule has 0 amide bonds. The summed E-state index contributed by atoms with van der Waals surface area (Å²) in [4.78, 5) is 0. The predicted octanol–water partition coefficient (Wildman–Crippen LogP) is 3.97. The van der Waals surface area contributed by atoms with Gasteiger partial charge >= 0.3 is 0 Å². The van der Waals surface area contributed by atoms with E-state index >= 15 is 0 Å². The minimum Gasteiger partial charge on any atom is -0.472 e. The lowest BCUT2D eigenvalue weighted by molar-refractivity contribution is 0.560. The summed E-state index contributed by atoms with van der Waals surface area (Å²) in [5.74, 6) is 0. The maximum atomic E-state index is 6.10. The first kappa shape index (κ1) is 11.4. The fourth-order valence-corrected chi connectivity index (χ4v) is 2.21. The van der Waals surface area contributed by atoms with E-state index in [1.807, 2.05) is 30.3 Å². The van der Waals surface area contributed by atoms with Gasteiger partial charge < -0.3 is 14.2 Å². The number of fused-ring (bicyclic) bond motifs is 1. The Kier molecular flexibility index (Phi) is 3.09. The smallest absolute Gasteiger partial charge is 0.199 e. The lowest BCUT2D eigenvalue weighted by Gasteiger charge is -2.01. The first-order valence-electron chi connectivity index (χ1n) is 5.72. The molecule has 0 saturated carbocycles. The number of hydrogen-bond donors (Lipinski definition) is 1. The highest BCUT2D eigenvalue weighted by molar-refractivity contribution is 6.30. The zero-order valence-corrected chi connectivity index (χ0v) is 10.4. The minimum atomic E-state index is 0.455. The number of hydrogen-bond acceptors (Lipinski definition) is 3. The molecule has 2 aromatic heterocycles. The topological polar surface area (TPSA) is 38.3 Å². The Morgan fingerprint density at radius 2 is 2.00 bits per heavy atom. The lowest BCUT2D eigenvalue weighted by atomic mass is 10.2. The molecule has 18 heavy (non-hydrogen) atoms. The van der Waals surface area contributed by atoms with E-state index in [-0.39, 0.29) is 0 Å². The molecular formula is C14H12ClNO2. The van der Waals surface area contributed by atoms with E-state index in [2.05, 4.69) is 5.32 Å². The molecule has 3 rings (SSSR count). The van der Waals surface area contributed by atoms with Crippen molar-refractivity contribution in [3.05, 3.63) is 59.2 Å². The molecule has 4 heteroatoms. The van der Waals surface area contributed by atoms with Crippen LogP contribution in [0.3, 0.4) is 0 Å². The molecule has 0 unspecified atom stereocenters. The summed E-state index contributed by atoms with van der Waals surface area (Å²) in [6.45, 7) is 1.41. The van der Waals surface area contributed by atoms with Gasteiger partial charge in [0, 0.05) is 29.6 Å². The molecule has 0 bridgehead atoms. The molecule has 0 spiro atoms. The monoisotopic (exact) mass is 261 g/mol. The number of nitrogens with one attached hydrogen (secondary N) is 1. The van der Waals surface area contributed by atoms with Crippen LogP contribution in [0.1, 0.15) is 11.1 Å². The van der Waals surface area contributed by atoms with Crippen molar-refractivity contribution in [2.45, 2.75) is 13.1 Å². The van der Waals surface area contributed by atoms with Gasteiger partial charge in [0.15, 0.2) is 5.22 Å². The third-order valence-corrected chi connectivity index (χ3v) is 3.17. The highest BCUT2D eigenvalue weighted by Crippen LogP contribution is 2.29. The molecule has 0 atom stereocenters. The Hall–Kier alpha value is -1.71. The second kappa shape index (κ2) is 4.88. The quantitative estimate of drug-likeness (QED) is 0.772. The Morgan fingerprint density at radius 1 is 1.11 bits per heavy atom. The Bertz CT molecular complexity index is 643. The van der Waals surface area contributed by atoms with Crippen LogP contribution in [0, 0.1) is 0 Å². The van der Waals surface area contributed by atoms with Gasteiger partial charge in [-0.2, -0.15) is 0 Å². The van der Waals surface area contributed by atoms with Crippen LogP contribution >= 0.6 is 11.6 Å². The molecule has 0 aliphatic rings. The molecule has 3 aromatic rings. The van der Waals surface area contributed by atoms with Crippen molar-refractivity contribution in [3.63, 3.8) is 0 Å². The summed E-state index contributed by atoms with van der Waals surface area (Å²) in [5.41, 5.74) is 2.93. The summed E-state index contributed by atoms with van der Waals surface area (Å²) in [5, 5.41) is 4.83. The average Bonchev–Trinajstić information content (AvgIpc) is 2.98. The average molecular weight is 262 g/mol. The van der Waals surface area contributed by atoms with Gasteiger partial charge in [-0.05, 0) is 23.7 Å². The summed E-state index contributed by atoms with van der Waals surface area (Å²) in [6, 6.07) is 9.78. The van der Waals surface area contributed by atoms with Gasteiger partial charge in [0.25, 0.3) is 0 Å². The summed E-state index contributed by atoms with van der Waals surface area (Å²) >= 11 is 6.10. The maximum Gasteiger partial charge on any atom is 0.199 e. The Balaban J connectivity index is 1.76. The molecule has 0 saturated heterocycles. The number of halogens is 1. The number of furan rings is 2. The van der Waals surface area contributed by atoms with Gasteiger partial charge in [0.05, 0.1) is 12.5 Å². The molecule has 0 fully saturated rings. The van der Waals surface area contributed by atoms with E-state index < -0.39 is 0 Å². The van der Waals surface area contributed by atoms with Crippen molar-refractivity contribution in [2.24, 2.45) is 0 Å². The Morgan fingerprint density at radius 3 is 2.83 bits per heavy atom. The van der Waals surface area contributed by atoms with Gasteiger partial charge in [-0.15, -0.1) is 0 Å². The SMILES string of the molecule is Clc1oc2ccccc2c1CNCc1ccoc1. The third kappa shape index (κ3) is 2.15. The van der Waals surface area contributed by atoms with E-state index in [0.29, 0.717) is 11.8 Å². The van der Waals surface area contributed by atoms with Crippen LogP contribution in [0.2, 0.25) is 5.22 Å². The largest absolute Gasteiger partial charge is 0.472 e. The Labute approximate surface area is 109 Å². The highest BCUT2D eigenvalue weighted by atomic mass is 35.5. The fourth-order valence-electron chi connectivity index (χ4n) is 1.96. The lowest BCUT2D eigenvalue weighted by Crippen LogP contribution is -2.12. The molecule has 1 N–H and O–H groups in total. The molecule has 0 aliphatic heterocycles. The van der Waals surface area contributed by atoms with E-state index in [1.54, 1.807) is 12.5 Å². The molecule has 2 heterocycles. The predicted molar refractivity (Wildman–Crippen MR) is 70.5 cm³/mol. The maximum absolute atomic E-state index is 6.10. The fraction of sp³-hybridized carbons (Fsp3) is 0.143. The summed E-state index contributed by atoms with van der Waals surface area (Å²) in [7, 11) is 0. The molecule has 0 aliphatic carbocycles. The van der Waals surface area contributed by atoms with Gasteiger partial charge in [-0.25, -0.2) is 0 Å². The zero-order chi connectivity index (χ0) is 12.4. The highest BCUT2D eigenvalue weighted by Gasteiger charge is 2.11. The van der Waals surface area contributed by atoms with Gasteiger partial charge in [-0.1, -0.05) is 18.2 Å². The third-order valence-electron chi connectivity index (χ3n) is 2.86. The van der Waals surface area contributed by atoms with Gasteiger partial charge in [-0.3, -0.25) is 0 Å². The van der Waals surface area contributed by atoms with Crippen LogP contribution in [0.4, 0.5) is 0 Å². The number of para-hydroxylation sites is 1. The van der Waals surface area contributed by atoms with Gasteiger partial charge in [0.2, 0.25) is 0 Å². The van der Waals surface area contributed by atoms with E-state index in [0.717, 1.165) is 28.6 Å². The van der Waals surface area contributed by atoms with Crippen molar-refractivity contribution in [2.75, 3.05) is 0 Å². The minimum absolute atomic E-state index is 0.455. The van der Waals surface area contributed by atoms with Crippen molar-refractivity contribution in [1.82, 2.24) is 5.32 Å². The number of benzene rings is 1. The van der Waals surface area contributed by atoms with E-state index in [1.165, 1.54) is 0 Å².